The summed E-state index contributed by atoms with van der Waals surface area (Å²) >= 11 is 0. The van der Waals surface area contributed by atoms with Crippen LogP contribution in [0.5, 0.6) is 11.5 Å². The Kier molecular flexibility index (Phi) is 5.67. The normalized spacial score (nSPS) is 10.4. The molecule has 0 fully saturated rings. The minimum atomic E-state index is -1.01. The molecular weight excluding hydrogens is 244 g/mol. The number of hydrogen-bond donors (Lipinski definition) is 1. The average Bonchev–Trinajstić information content (AvgIpc) is 2.42. The van der Waals surface area contributed by atoms with Gasteiger partial charge in [0.2, 0.25) is 0 Å². The van der Waals surface area contributed by atoms with E-state index >= 15 is 0 Å². The van der Waals surface area contributed by atoms with Crippen LogP contribution in [0.1, 0.15) is 18.9 Å². The zero-order valence-electron chi connectivity index (χ0n) is 11.2. The highest BCUT2D eigenvalue weighted by atomic mass is 16.5. The number of benzene rings is 1. The van der Waals surface area contributed by atoms with E-state index in [0.29, 0.717) is 23.7 Å². The van der Waals surface area contributed by atoms with Crippen LogP contribution < -0.4 is 9.47 Å². The van der Waals surface area contributed by atoms with Gasteiger partial charge in [-0.1, -0.05) is 25.6 Å². The van der Waals surface area contributed by atoms with Gasteiger partial charge in [-0.2, -0.15) is 0 Å². The van der Waals surface area contributed by atoms with Crippen molar-refractivity contribution in [3.63, 3.8) is 0 Å². The Labute approximate surface area is 113 Å². The van der Waals surface area contributed by atoms with Gasteiger partial charge in [-0.25, -0.2) is 4.79 Å². The molecule has 102 valence electrons. The van der Waals surface area contributed by atoms with Gasteiger partial charge in [0.05, 0.1) is 7.11 Å². The molecule has 1 N–H and O–H groups in total. The number of carboxylic acids is 1. The molecule has 1 aromatic carbocycles. The largest absolute Gasteiger partial charge is 0.493 e. The fraction of sp³-hybridized carbons (Fsp3) is 0.267. The van der Waals surface area contributed by atoms with Gasteiger partial charge in [0.1, 0.15) is 6.61 Å². The number of methoxy groups -OCH3 is 1. The van der Waals surface area contributed by atoms with Gasteiger partial charge in [0.15, 0.2) is 11.5 Å². The van der Waals surface area contributed by atoms with E-state index in [9.17, 15) is 4.79 Å². The average molecular weight is 262 g/mol. The van der Waals surface area contributed by atoms with Gasteiger partial charge in [0, 0.05) is 11.6 Å². The quantitative estimate of drug-likeness (QED) is 0.606. The molecule has 0 heterocycles. The van der Waals surface area contributed by atoms with E-state index in [0.717, 1.165) is 18.1 Å². The fourth-order valence-electron chi connectivity index (χ4n) is 1.42. The van der Waals surface area contributed by atoms with Crippen molar-refractivity contribution in [3.05, 3.63) is 42.0 Å². The number of carboxylic acid groups (broad SMARTS) is 1. The summed E-state index contributed by atoms with van der Waals surface area (Å²) in [6.07, 6.45) is 3.38. The van der Waals surface area contributed by atoms with Crippen LogP contribution >= 0.6 is 0 Å². The van der Waals surface area contributed by atoms with E-state index in [2.05, 4.69) is 6.58 Å². The third-order valence-electron chi connectivity index (χ3n) is 2.56. The Morgan fingerprint density at radius 1 is 1.47 bits per heavy atom. The summed E-state index contributed by atoms with van der Waals surface area (Å²) in [7, 11) is 1.54. The topological polar surface area (TPSA) is 55.8 Å². The molecular formula is C15H18O4. The number of hydrogen-bond acceptors (Lipinski definition) is 3. The lowest BCUT2D eigenvalue weighted by atomic mass is 10.1. The molecule has 0 unspecified atom stereocenters. The Morgan fingerprint density at radius 3 is 2.79 bits per heavy atom. The number of para-hydroxylation sites is 1. The standard InChI is InChI=1S/C15H18O4/c1-4-11(2)10-19-15-12(8-9-14(16)17)6-5-7-13(15)18-3/h5-9H,2,4,10H2,1,3H3,(H,16,17). The minimum absolute atomic E-state index is 0.380. The molecule has 0 radical (unpaired) electrons. The molecule has 0 aromatic heterocycles. The molecule has 0 amide bonds. The van der Waals surface area contributed by atoms with Crippen LogP contribution in [0, 0.1) is 0 Å². The summed E-state index contributed by atoms with van der Waals surface area (Å²) in [4.78, 5) is 10.6. The van der Waals surface area contributed by atoms with Crippen molar-refractivity contribution in [1.29, 1.82) is 0 Å². The molecule has 0 aliphatic heterocycles. The molecule has 0 spiro atoms. The molecule has 1 rings (SSSR count). The van der Waals surface area contributed by atoms with E-state index in [4.69, 9.17) is 14.6 Å². The lowest BCUT2D eigenvalue weighted by Gasteiger charge is -2.13. The number of rotatable bonds is 7. The molecule has 0 bridgehead atoms. The van der Waals surface area contributed by atoms with Crippen molar-refractivity contribution >= 4 is 12.0 Å². The molecule has 1 aromatic rings. The first-order valence-corrected chi connectivity index (χ1v) is 5.96. The van der Waals surface area contributed by atoms with Gasteiger partial charge < -0.3 is 14.6 Å². The summed E-state index contributed by atoms with van der Waals surface area (Å²) in [6.45, 7) is 6.25. The maximum absolute atomic E-state index is 10.6. The Balaban J connectivity index is 3.02. The molecule has 4 nitrogen and oxygen atoms in total. The monoisotopic (exact) mass is 262 g/mol. The lowest BCUT2D eigenvalue weighted by Crippen LogP contribution is -2.02. The van der Waals surface area contributed by atoms with E-state index in [1.54, 1.807) is 25.3 Å². The van der Waals surface area contributed by atoms with Gasteiger partial charge in [-0.3, -0.25) is 0 Å². The molecule has 0 aliphatic carbocycles. The molecule has 0 saturated heterocycles. The Hall–Kier alpha value is -2.23. The fourth-order valence-corrected chi connectivity index (χ4v) is 1.42. The highest BCUT2D eigenvalue weighted by Gasteiger charge is 2.09. The van der Waals surface area contributed by atoms with Crippen LogP contribution in [-0.4, -0.2) is 24.8 Å². The van der Waals surface area contributed by atoms with Crippen LogP contribution in [0.4, 0.5) is 0 Å². The van der Waals surface area contributed by atoms with Crippen LogP contribution in [-0.2, 0) is 4.79 Å². The van der Waals surface area contributed by atoms with Crippen molar-refractivity contribution in [2.75, 3.05) is 13.7 Å². The maximum Gasteiger partial charge on any atom is 0.328 e. The van der Waals surface area contributed by atoms with Crippen molar-refractivity contribution in [1.82, 2.24) is 0 Å². The number of carbonyl (C=O) groups is 1. The first-order chi connectivity index (χ1) is 9.08. The molecule has 19 heavy (non-hydrogen) atoms. The highest BCUT2D eigenvalue weighted by Crippen LogP contribution is 2.32. The SMILES string of the molecule is C=C(CC)COc1c(C=CC(=O)O)cccc1OC. The summed E-state index contributed by atoms with van der Waals surface area (Å²) in [5.74, 6) is 0.0836. The molecule has 0 saturated carbocycles. The lowest BCUT2D eigenvalue weighted by molar-refractivity contribution is -0.131. The second-order valence-corrected chi connectivity index (χ2v) is 3.94. The Bertz CT molecular complexity index is 489. The third kappa shape index (κ3) is 4.50. The van der Waals surface area contributed by atoms with Crippen molar-refractivity contribution in [2.24, 2.45) is 0 Å². The van der Waals surface area contributed by atoms with Crippen molar-refractivity contribution in [2.45, 2.75) is 13.3 Å². The summed E-state index contributed by atoms with van der Waals surface area (Å²) in [6, 6.07) is 5.32. The molecule has 4 heteroatoms. The first kappa shape index (κ1) is 14.8. The van der Waals surface area contributed by atoms with Crippen LogP contribution in [0.25, 0.3) is 6.08 Å². The van der Waals surface area contributed by atoms with E-state index in [1.807, 2.05) is 6.92 Å². The summed E-state index contributed by atoms with van der Waals surface area (Å²) in [5.41, 5.74) is 1.62. The van der Waals surface area contributed by atoms with Crippen LogP contribution in [0.2, 0.25) is 0 Å². The highest BCUT2D eigenvalue weighted by molar-refractivity contribution is 5.86. The molecule has 0 atom stereocenters. The third-order valence-corrected chi connectivity index (χ3v) is 2.56. The predicted molar refractivity (Wildman–Crippen MR) is 74.6 cm³/mol. The Morgan fingerprint density at radius 2 is 2.21 bits per heavy atom. The zero-order chi connectivity index (χ0) is 14.3. The van der Waals surface area contributed by atoms with Crippen LogP contribution in [0.15, 0.2) is 36.4 Å². The first-order valence-electron chi connectivity index (χ1n) is 5.96. The zero-order valence-corrected chi connectivity index (χ0v) is 11.2. The molecule has 0 aliphatic rings. The van der Waals surface area contributed by atoms with Crippen LogP contribution in [0.3, 0.4) is 0 Å². The van der Waals surface area contributed by atoms with E-state index in [1.165, 1.54) is 6.08 Å². The smallest absolute Gasteiger partial charge is 0.328 e. The number of ether oxygens (including phenoxy) is 2. The maximum atomic E-state index is 10.6. The van der Waals surface area contributed by atoms with Gasteiger partial charge in [0.25, 0.3) is 0 Å². The minimum Gasteiger partial charge on any atom is -0.493 e. The van der Waals surface area contributed by atoms with Gasteiger partial charge in [-0.15, -0.1) is 0 Å². The van der Waals surface area contributed by atoms with Crippen molar-refractivity contribution < 1.29 is 19.4 Å². The number of aliphatic carboxylic acids is 1. The van der Waals surface area contributed by atoms with Gasteiger partial charge in [-0.05, 0) is 24.1 Å². The summed E-state index contributed by atoms with van der Waals surface area (Å²) in [5, 5.41) is 8.68. The van der Waals surface area contributed by atoms with Gasteiger partial charge >= 0.3 is 5.97 Å². The van der Waals surface area contributed by atoms with Crippen molar-refractivity contribution in [3.8, 4) is 11.5 Å². The second-order valence-electron chi connectivity index (χ2n) is 3.94. The van der Waals surface area contributed by atoms with E-state index in [-0.39, 0.29) is 0 Å². The van der Waals surface area contributed by atoms with E-state index < -0.39 is 5.97 Å². The summed E-state index contributed by atoms with van der Waals surface area (Å²) < 4.78 is 10.9. The predicted octanol–water partition coefficient (Wildman–Crippen LogP) is 3.14. The second kappa shape index (κ2) is 7.26.